The van der Waals surface area contributed by atoms with E-state index in [9.17, 15) is 0 Å². The third kappa shape index (κ3) is 21.0. The zero-order chi connectivity index (χ0) is 74.6. The summed E-state index contributed by atoms with van der Waals surface area (Å²) in [5.74, 6) is 4.35. The molecule has 0 bridgehead atoms. The third-order valence-corrected chi connectivity index (χ3v) is 22.1. The summed E-state index contributed by atoms with van der Waals surface area (Å²) in [7, 11) is 0. The summed E-state index contributed by atoms with van der Waals surface area (Å²) in [5, 5.41) is 39.6. The number of rotatable bonds is 12. The lowest BCUT2D eigenvalue weighted by molar-refractivity contribution is 0.466. The van der Waals surface area contributed by atoms with Crippen molar-refractivity contribution in [2.24, 2.45) is 0 Å². The van der Waals surface area contributed by atoms with Gasteiger partial charge in [-0.15, -0.1) is 0 Å². The summed E-state index contributed by atoms with van der Waals surface area (Å²) >= 11 is 29.0. The number of nitrogens with one attached hydrogen (secondary N) is 8. The number of anilines is 8. The lowest BCUT2D eigenvalue weighted by Crippen LogP contribution is -2.46. The van der Waals surface area contributed by atoms with Crippen molar-refractivity contribution < 1.29 is 0 Å². The SMILES string of the molecule is Cc1ccc(NC(=S)NC2CCN(c3nccc4ccccc34)CC2)cc1.Cc1ccccc1NC(=S)NC1CCN(c2nccc3ccccc23)CC1.S=C(Nc1cccc(Br)c1)NC1CCN(c2nccc3ccccc23)CC1.S=C(Nc1ccccc1Br)NC1CCN(c2nccc3ccccc23)CC1. The van der Waals surface area contributed by atoms with Gasteiger partial charge < -0.3 is 62.1 Å². The molecular formula is C86H90Br2N16S4. The van der Waals surface area contributed by atoms with Crippen LogP contribution in [0.4, 0.5) is 46.0 Å². The number of fused-ring (bicyclic) bond motifs is 4. The van der Waals surface area contributed by atoms with Crippen molar-refractivity contribution in [1.82, 2.24) is 41.2 Å². The van der Waals surface area contributed by atoms with Gasteiger partial charge >= 0.3 is 0 Å². The number of para-hydroxylation sites is 2. The summed E-state index contributed by atoms with van der Waals surface area (Å²) in [6, 6.07) is 76.1. The van der Waals surface area contributed by atoms with E-state index >= 15 is 0 Å². The van der Waals surface area contributed by atoms with Crippen LogP contribution in [0.1, 0.15) is 62.5 Å². The van der Waals surface area contributed by atoms with Crippen molar-refractivity contribution in [2.75, 3.05) is 93.2 Å². The van der Waals surface area contributed by atoms with Crippen LogP contribution in [0.25, 0.3) is 43.1 Å². The molecule has 4 saturated heterocycles. The van der Waals surface area contributed by atoms with Crippen LogP contribution in [0.3, 0.4) is 0 Å². The van der Waals surface area contributed by atoms with Gasteiger partial charge in [-0.05, 0) is 230 Å². The highest BCUT2D eigenvalue weighted by atomic mass is 79.9. The highest BCUT2D eigenvalue weighted by molar-refractivity contribution is 9.10. The van der Waals surface area contributed by atoms with Crippen molar-refractivity contribution in [2.45, 2.75) is 89.4 Å². The Kier molecular flexibility index (Phi) is 26.9. The number of hydrogen-bond donors (Lipinski definition) is 8. The highest BCUT2D eigenvalue weighted by Gasteiger charge is 2.27. The Hall–Kier alpha value is -9.68. The monoisotopic (exact) mass is 1630 g/mol. The normalized spacial score (nSPS) is 14.9. The van der Waals surface area contributed by atoms with Crippen molar-refractivity contribution in [3.63, 3.8) is 0 Å². The molecule has 0 spiro atoms. The van der Waals surface area contributed by atoms with Gasteiger partial charge in [0.25, 0.3) is 0 Å². The van der Waals surface area contributed by atoms with E-state index in [4.69, 9.17) is 48.9 Å². The molecule has 8 aromatic carbocycles. The number of halogens is 2. The molecule has 8 heterocycles. The van der Waals surface area contributed by atoms with Gasteiger partial charge in [0.2, 0.25) is 0 Å². The van der Waals surface area contributed by atoms with E-state index in [0.717, 1.165) is 159 Å². The first kappa shape index (κ1) is 76.5. The molecule has 4 aromatic heterocycles. The number of nitrogens with zero attached hydrogens (tertiary/aromatic N) is 8. The van der Waals surface area contributed by atoms with Crippen LogP contribution in [-0.2, 0) is 0 Å². The van der Waals surface area contributed by atoms with Crippen LogP contribution in [0.5, 0.6) is 0 Å². The Bertz CT molecular complexity index is 4860. The maximum atomic E-state index is 5.51. The van der Waals surface area contributed by atoms with E-state index in [1.807, 2.05) is 85.5 Å². The molecular weight excluding hydrogens is 1550 g/mol. The largest absolute Gasteiger partial charge is 0.360 e. The van der Waals surface area contributed by atoms with Crippen molar-refractivity contribution >= 4 is 190 Å². The first-order chi connectivity index (χ1) is 52.8. The van der Waals surface area contributed by atoms with Crippen LogP contribution in [0, 0.1) is 13.8 Å². The second kappa shape index (κ2) is 37.9. The summed E-state index contributed by atoms with van der Waals surface area (Å²) in [6.45, 7) is 12.0. The second-order valence-corrected chi connectivity index (χ2v) is 30.9. The average Bonchev–Trinajstić information content (AvgIpc) is 0.819. The van der Waals surface area contributed by atoms with Crippen LogP contribution >= 0.6 is 80.7 Å². The zero-order valence-corrected chi connectivity index (χ0v) is 67.1. The first-order valence-corrected chi connectivity index (χ1v) is 40.3. The molecule has 0 radical (unpaired) electrons. The maximum absolute atomic E-state index is 5.51. The van der Waals surface area contributed by atoms with Crippen LogP contribution < -0.4 is 62.1 Å². The predicted octanol–water partition coefficient (Wildman–Crippen LogP) is 18.9. The van der Waals surface area contributed by atoms with Crippen LogP contribution in [-0.4, -0.2) is 117 Å². The first-order valence-electron chi connectivity index (χ1n) is 37.1. The Morgan fingerprint density at radius 2 is 0.639 bits per heavy atom. The Morgan fingerprint density at radius 3 is 1.00 bits per heavy atom. The molecule has 4 aliphatic rings. The van der Waals surface area contributed by atoms with Gasteiger partial charge in [0.05, 0.1) is 5.69 Å². The molecule has 8 N–H and O–H groups in total. The van der Waals surface area contributed by atoms with E-state index in [2.05, 4.69) is 286 Å². The number of pyridine rings is 4. The second-order valence-electron chi connectivity index (χ2n) is 27.5. The lowest BCUT2D eigenvalue weighted by Gasteiger charge is -2.34. The molecule has 108 heavy (non-hydrogen) atoms. The van der Waals surface area contributed by atoms with Gasteiger partial charge in [-0.3, -0.25) is 0 Å². The smallest absolute Gasteiger partial charge is 0.171 e. The molecule has 12 aromatic rings. The molecule has 0 atom stereocenters. The number of hydrogen-bond acceptors (Lipinski definition) is 12. The number of piperidine rings is 4. The quantitative estimate of drug-likeness (QED) is 0.0545. The summed E-state index contributed by atoms with van der Waals surface area (Å²) in [6.07, 6.45) is 15.9. The summed E-state index contributed by atoms with van der Waals surface area (Å²) < 4.78 is 2.04. The van der Waals surface area contributed by atoms with Crippen molar-refractivity contribution in [1.29, 1.82) is 0 Å². The fourth-order valence-electron chi connectivity index (χ4n) is 14.2. The minimum absolute atomic E-state index is 0.374. The number of aromatic nitrogens is 4. The van der Waals surface area contributed by atoms with Gasteiger partial charge in [0.1, 0.15) is 23.3 Å². The molecule has 552 valence electrons. The molecule has 0 saturated carbocycles. The minimum Gasteiger partial charge on any atom is -0.360 e. The predicted molar refractivity (Wildman–Crippen MR) is 476 cm³/mol. The number of aryl methyl sites for hydroxylation is 2. The third-order valence-electron chi connectivity index (χ3n) is 20.0. The lowest BCUT2D eigenvalue weighted by atomic mass is 10.0. The molecule has 0 unspecified atom stereocenters. The van der Waals surface area contributed by atoms with Crippen molar-refractivity contribution in [3.05, 3.63) is 263 Å². The molecule has 16 nitrogen and oxygen atoms in total. The molecule has 4 aliphatic heterocycles. The average molecular weight is 1640 g/mol. The number of benzene rings is 8. The molecule has 4 fully saturated rings. The van der Waals surface area contributed by atoms with Crippen molar-refractivity contribution in [3.8, 4) is 0 Å². The summed E-state index contributed by atoms with van der Waals surface area (Å²) in [4.78, 5) is 28.1. The standard InChI is InChI=1S/2C22H24N4S.2C21H21BrN4S/c1-16-6-2-5-9-20(16)25-22(27)24-18-11-14-26(15-12-18)21-19-8-4-3-7-17(19)10-13-23-21;1-16-6-8-18(9-7-16)24-22(27)25-19-11-14-26(15-12-19)21-20-5-3-2-4-17(20)10-13-23-21;22-18-7-3-4-8-19(18)25-21(27)24-16-10-13-26(14-11-16)20-17-6-2-1-5-15(17)9-12-23-20;22-16-5-3-6-18(14-16)25-21(27)24-17-9-12-26(13-10-17)20-19-7-2-1-4-15(19)8-11-23-20/h2-10,13,18H,11-12,14-15H2,1H3,(H2,24,25,27);2-10,13,19H,11-12,14-15H2,1H3,(H2,24,25,27);1-9,12,16H,10-11,13-14H2,(H2,24,25,27);1-8,11,14,17H,9-10,12-13H2,(H2,24,25,27). The van der Waals surface area contributed by atoms with Gasteiger partial charge in [-0.25, -0.2) is 19.9 Å². The topological polar surface area (TPSA) is 161 Å². The number of thiocarbonyl (C=S) groups is 4. The van der Waals surface area contributed by atoms with Gasteiger partial charge in [0, 0.05) is 149 Å². The fraction of sp³-hybridized carbons (Fsp3) is 0.256. The Morgan fingerprint density at radius 1 is 0.324 bits per heavy atom. The summed E-state index contributed by atoms with van der Waals surface area (Å²) in [5.41, 5.74) is 6.49. The van der Waals surface area contributed by atoms with E-state index < -0.39 is 0 Å². The van der Waals surface area contributed by atoms with E-state index in [0.29, 0.717) is 44.6 Å². The van der Waals surface area contributed by atoms with Gasteiger partial charge in [-0.1, -0.05) is 167 Å². The molecule has 16 rings (SSSR count). The molecule has 22 heteroatoms. The fourth-order valence-corrected chi connectivity index (χ4v) is 16.1. The minimum atomic E-state index is 0.374. The maximum Gasteiger partial charge on any atom is 0.171 e. The van der Waals surface area contributed by atoms with Gasteiger partial charge in [-0.2, -0.15) is 0 Å². The van der Waals surface area contributed by atoms with Gasteiger partial charge in [0.15, 0.2) is 20.4 Å². The molecule has 0 amide bonds. The highest BCUT2D eigenvalue weighted by Crippen LogP contribution is 2.32. The van der Waals surface area contributed by atoms with E-state index in [-0.39, 0.29) is 0 Å². The van der Waals surface area contributed by atoms with E-state index in [1.54, 1.807) is 0 Å². The zero-order valence-electron chi connectivity index (χ0n) is 60.7. The molecule has 0 aliphatic carbocycles. The van der Waals surface area contributed by atoms with Crippen LogP contribution in [0.15, 0.2) is 252 Å². The van der Waals surface area contributed by atoms with Crippen LogP contribution in [0.2, 0.25) is 0 Å². The van der Waals surface area contributed by atoms with E-state index in [1.165, 1.54) is 54.2 Å². The Labute approximate surface area is 672 Å². The Balaban J connectivity index is 0.000000127.